The van der Waals surface area contributed by atoms with Gasteiger partial charge in [0.2, 0.25) is 0 Å². The average molecular weight is 471 g/mol. The standard InChI is InChI=1S/C29H34N4O2/c34-28-24(7-4-12-30-28)27-29(35)33(26-9-2-1-8-25(26)31-27)23-16-20-10-11-21(17-23)32(20)22-14-18-5-3-6-19(13-18)15-22/h1-2,4,7-9,12,18-23H,3,5-6,10-11,13-17H2,(H,30,34)/t18-,19+,20-,21+,22+,23+. The van der Waals surface area contributed by atoms with Crippen LogP contribution < -0.4 is 11.1 Å². The quantitative estimate of drug-likeness (QED) is 0.592. The molecule has 2 aliphatic carbocycles. The van der Waals surface area contributed by atoms with E-state index in [0.29, 0.717) is 17.6 Å². The fourth-order valence-corrected chi connectivity index (χ4v) is 8.23. The van der Waals surface area contributed by atoms with Crippen LogP contribution >= 0.6 is 0 Å². The molecule has 0 spiro atoms. The number of piperidine rings is 1. The Morgan fingerprint density at radius 1 is 0.771 bits per heavy atom. The summed E-state index contributed by atoms with van der Waals surface area (Å²) in [5.41, 5.74) is 1.88. The average Bonchev–Trinajstić information content (AvgIpc) is 3.13. The van der Waals surface area contributed by atoms with Crippen molar-refractivity contribution < 1.29 is 0 Å². The van der Waals surface area contributed by atoms with Crippen molar-refractivity contribution in [1.29, 1.82) is 0 Å². The molecular weight excluding hydrogens is 436 g/mol. The topological polar surface area (TPSA) is 71.0 Å². The largest absolute Gasteiger partial charge is 0.329 e. The summed E-state index contributed by atoms with van der Waals surface area (Å²) < 4.78 is 1.99. The third-order valence-corrected chi connectivity index (χ3v) is 9.52. The molecule has 1 N–H and O–H groups in total. The Kier molecular flexibility index (Phi) is 5.19. The minimum absolute atomic E-state index is 0.134. The molecule has 1 aromatic carbocycles. The van der Waals surface area contributed by atoms with Gasteiger partial charge in [0.15, 0.2) is 0 Å². The number of benzene rings is 1. The maximum atomic E-state index is 13.9. The molecule has 4 bridgehead atoms. The van der Waals surface area contributed by atoms with E-state index in [1.54, 1.807) is 18.3 Å². The van der Waals surface area contributed by atoms with Gasteiger partial charge < -0.3 is 9.55 Å². The predicted octanol–water partition coefficient (Wildman–Crippen LogP) is 4.89. The first kappa shape index (κ1) is 21.5. The van der Waals surface area contributed by atoms with Crippen LogP contribution in [0.25, 0.3) is 22.3 Å². The number of para-hydroxylation sites is 2. The lowest BCUT2D eigenvalue weighted by atomic mass is 9.69. The summed E-state index contributed by atoms with van der Waals surface area (Å²) in [5.74, 6) is 1.87. The molecule has 182 valence electrons. The third-order valence-electron chi connectivity index (χ3n) is 9.52. The Morgan fingerprint density at radius 2 is 1.51 bits per heavy atom. The van der Waals surface area contributed by atoms with Crippen LogP contribution in [0.1, 0.15) is 70.3 Å². The van der Waals surface area contributed by atoms with Crippen molar-refractivity contribution in [3.05, 3.63) is 63.3 Å². The lowest BCUT2D eigenvalue weighted by Gasteiger charge is -2.49. The van der Waals surface area contributed by atoms with E-state index in [2.05, 4.69) is 14.9 Å². The van der Waals surface area contributed by atoms with Crippen LogP contribution in [0.4, 0.5) is 0 Å². The number of aromatic nitrogens is 3. The first-order valence-electron chi connectivity index (χ1n) is 13.6. The zero-order valence-corrected chi connectivity index (χ0v) is 20.2. The number of aromatic amines is 1. The Hall–Kier alpha value is -2.73. The molecule has 4 fully saturated rings. The van der Waals surface area contributed by atoms with Crippen molar-refractivity contribution in [2.75, 3.05) is 0 Å². The molecule has 4 heterocycles. The fraction of sp³-hybridized carbons (Fsp3) is 0.552. The zero-order valence-electron chi connectivity index (χ0n) is 20.2. The van der Waals surface area contributed by atoms with Gasteiger partial charge in [-0.1, -0.05) is 31.4 Å². The zero-order chi connectivity index (χ0) is 23.5. The summed E-state index contributed by atoms with van der Waals surface area (Å²) in [6, 6.07) is 13.4. The van der Waals surface area contributed by atoms with Gasteiger partial charge in [0.05, 0.1) is 16.6 Å². The maximum Gasteiger partial charge on any atom is 0.278 e. The van der Waals surface area contributed by atoms with Crippen molar-refractivity contribution in [2.24, 2.45) is 11.8 Å². The molecule has 0 amide bonds. The first-order chi connectivity index (χ1) is 17.2. The van der Waals surface area contributed by atoms with E-state index in [1.165, 1.54) is 51.4 Å². The van der Waals surface area contributed by atoms with E-state index in [0.717, 1.165) is 41.8 Å². The van der Waals surface area contributed by atoms with Gasteiger partial charge in [-0.2, -0.15) is 0 Å². The van der Waals surface area contributed by atoms with Gasteiger partial charge in [0, 0.05) is 30.4 Å². The monoisotopic (exact) mass is 470 g/mol. The Bertz CT molecular complexity index is 1350. The van der Waals surface area contributed by atoms with E-state index in [-0.39, 0.29) is 22.9 Å². The van der Waals surface area contributed by atoms with Gasteiger partial charge in [-0.05, 0) is 81.0 Å². The SMILES string of the molecule is O=c1[nH]cccc1-c1nc2ccccc2n([C@H]2C[C@H]3CC[C@@H](C2)N3[C@H]2C[C@@H]3CCC[C@@H](C3)C2)c1=O. The summed E-state index contributed by atoms with van der Waals surface area (Å²) in [7, 11) is 0. The highest BCUT2D eigenvalue weighted by Gasteiger charge is 2.47. The van der Waals surface area contributed by atoms with E-state index < -0.39 is 0 Å². The minimum atomic E-state index is -0.267. The van der Waals surface area contributed by atoms with Gasteiger partial charge in [-0.3, -0.25) is 14.5 Å². The smallest absolute Gasteiger partial charge is 0.278 e. The lowest BCUT2D eigenvalue weighted by molar-refractivity contribution is 0.00791. The summed E-state index contributed by atoms with van der Waals surface area (Å²) in [6.07, 6.45) is 14.6. The second kappa shape index (κ2) is 8.44. The van der Waals surface area contributed by atoms with Crippen LogP contribution in [0.3, 0.4) is 0 Å². The molecule has 6 atom stereocenters. The van der Waals surface area contributed by atoms with Crippen LogP contribution in [0.15, 0.2) is 52.2 Å². The van der Waals surface area contributed by atoms with Gasteiger partial charge in [-0.15, -0.1) is 0 Å². The minimum Gasteiger partial charge on any atom is -0.329 e. The van der Waals surface area contributed by atoms with Crippen molar-refractivity contribution in [3.63, 3.8) is 0 Å². The Balaban J connectivity index is 1.26. The van der Waals surface area contributed by atoms with Crippen molar-refractivity contribution in [3.8, 4) is 11.3 Å². The molecule has 0 radical (unpaired) electrons. The molecule has 3 aromatic rings. The van der Waals surface area contributed by atoms with Crippen LogP contribution in [0.5, 0.6) is 0 Å². The summed E-state index contributed by atoms with van der Waals surface area (Å²) >= 11 is 0. The van der Waals surface area contributed by atoms with Crippen molar-refractivity contribution >= 4 is 11.0 Å². The number of hydrogen-bond acceptors (Lipinski definition) is 4. The molecular formula is C29H34N4O2. The van der Waals surface area contributed by atoms with Crippen LogP contribution in [-0.4, -0.2) is 37.6 Å². The number of hydrogen-bond donors (Lipinski definition) is 1. The van der Waals surface area contributed by atoms with E-state index in [9.17, 15) is 9.59 Å². The van der Waals surface area contributed by atoms with Crippen LogP contribution in [0, 0.1) is 11.8 Å². The number of H-pyrrole nitrogens is 1. The number of rotatable bonds is 3. The molecule has 6 heteroatoms. The molecule has 2 saturated carbocycles. The summed E-state index contributed by atoms with van der Waals surface area (Å²) in [5, 5.41) is 0. The molecule has 4 aliphatic rings. The Morgan fingerprint density at radius 3 is 2.26 bits per heavy atom. The molecule has 7 rings (SSSR count). The van der Waals surface area contributed by atoms with E-state index in [4.69, 9.17) is 0 Å². The predicted molar refractivity (Wildman–Crippen MR) is 137 cm³/mol. The molecule has 2 aliphatic heterocycles. The number of fused-ring (bicyclic) bond motifs is 5. The summed E-state index contributed by atoms with van der Waals surface area (Å²) in [6.45, 7) is 0. The third kappa shape index (κ3) is 3.60. The maximum absolute atomic E-state index is 13.9. The number of nitrogens with zero attached hydrogens (tertiary/aromatic N) is 3. The lowest BCUT2D eigenvalue weighted by Crippen LogP contribution is -2.52. The van der Waals surface area contributed by atoms with Crippen LogP contribution in [0.2, 0.25) is 0 Å². The van der Waals surface area contributed by atoms with Crippen molar-refractivity contribution in [2.45, 2.75) is 88.4 Å². The molecule has 0 unspecified atom stereocenters. The molecule has 2 aromatic heterocycles. The van der Waals surface area contributed by atoms with E-state index >= 15 is 0 Å². The fourth-order valence-electron chi connectivity index (χ4n) is 8.23. The number of nitrogens with one attached hydrogen (secondary N) is 1. The second-order valence-corrected chi connectivity index (χ2v) is 11.5. The van der Waals surface area contributed by atoms with Gasteiger partial charge >= 0.3 is 0 Å². The highest BCUT2D eigenvalue weighted by Crippen LogP contribution is 2.48. The first-order valence-corrected chi connectivity index (χ1v) is 13.6. The van der Waals surface area contributed by atoms with Gasteiger partial charge in [0.1, 0.15) is 5.69 Å². The van der Waals surface area contributed by atoms with Crippen LogP contribution in [-0.2, 0) is 0 Å². The highest BCUT2D eigenvalue weighted by molar-refractivity contribution is 5.77. The summed E-state index contributed by atoms with van der Waals surface area (Å²) in [4.78, 5) is 36.8. The number of pyridine rings is 1. The normalized spacial score (nSPS) is 32.7. The van der Waals surface area contributed by atoms with Crippen molar-refractivity contribution in [1.82, 2.24) is 19.4 Å². The van der Waals surface area contributed by atoms with Gasteiger partial charge in [-0.25, -0.2) is 4.98 Å². The molecule has 6 nitrogen and oxygen atoms in total. The molecule has 35 heavy (non-hydrogen) atoms. The molecule has 2 saturated heterocycles. The van der Waals surface area contributed by atoms with E-state index in [1.807, 2.05) is 28.8 Å². The van der Waals surface area contributed by atoms with Gasteiger partial charge in [0.25, 0.3) is 11.1 Å². The second-order valence-electron chi connectivity index (χ2n) is 11.5. The highest BCUT2D eigenvalue weighted by atomic mass is 16.1. The Labute approximate surface area is 205 Å².